The highest BCUT2D eigenvalue weighted by atomic mass is 32.2. The number of aliphatic imine (C=N–C) groups is 1. The largest absolute Gasteiger partial charge is 0.411 e. The maximum Gasteiger partial charge on any atom is 0.411 e. The molecule has 4 rings (SSSR count). The standard InChI is InChI=1S/C23H27F3N8O4S/c1-2-27-22(37)32-18-8-13(21-31-17(11-39-21)23(24,25)26)14(9-30-18)12-3-4-28-15(7-12)19(35)33-34-20(36)16-10-38-6-5-29-16/h3-4,7-9,16-17,20,29,34,36H,2,5-6,10-11H2,1H3,(H,33,35)(H2,27,30,32,37). The van der Waals surface area contributed by atoms with Crippen molar-refractivity contribution in [3.63, 3.8) is 0 Å². The van der Waals surface area contributed by atoms with E-state index in [1.165, 1.54) is 24.5 Å². The SMILES string of the molecule is CCNC(=O)Nc1cc(C2=NC(C(F)(F)F)CS2)c(-c2ccnc(C(=O)NNC(O)C3COCCN3)c2)cn1. The maximum atomic E-state index is 13.3. The molecule has 0 spiro atoms. The Kier molecular flexibility index (Phi) is 9.34. The van der Waals surface area contributed by atoms with E-state index in [0.717, 1.165) is 11.8 Å². The van der Waals surface area contributed by atoms with Crippen LogP contribution in [0, 0.1) is 0 Å². The average molecular weight is 569 g/mol. The minimum Gasteiger partial charge on any atom is -0.378 e. The third-order valence-corrected chi connectivity index (χ3v) is 6.79. The third-order valence-electron chi connectivity index (χ3n) is 5.71. The second-order valence-corrected chi connectivity index (χ2v) is 9.52. The molecule has 6 N–H and O–H groups in total. The number of carbonyl (C=O) groups is 2. The number of urea groups is 1. The van der Waals surface area contributed by atoms with E-state index < -0.39 is 36.4 Å². The first-order valence-electron chi connectivity index (χ1n) is 12.0. The predicted molar refractivity (Wildman–Crippen MR) is 138 cm³/mol. The Morgan fingerprint density at radius 1 is 1.28 bits per heavy atom. The maximum absolute atomic E-state index is 13.3. The molecule has 12 nitrogen and oxygen atoms in total. The van der Waals surface area contributed by atoms with Gasteiger partial charge >= 0.3 is 12.2 Å². The number of nitrogens with one attached hydrogen (secondary N) is 5. The van der Waals surface area contributed by atoms with Crippen LogP contribution in [0.3, 0.4) is 0 Å². The molecule has 3 atom stereocenters. The van der Waals surface area contributed by atoms with Crippen LogP contribution in [0.4, 0.5) is 23.8 Å². The fraction of sp³-hybridized carbons (Fsp3) is 0.435. The number of carbonyl (C=O) groups excluding carboxylic acids is 2. The number of hydrogen-bond donors (Lipinski definition) is 6. The van der Waals surface area contributed by atoms with Gasteiger partial charge in [0, 0.05) is 42.4 Å². The molecule has 16 heteroatoms. The Hall–Kier alpha value is -3.31. The van der Waals surface area contributed by atoms with Crippen LogP contribution in [-0.2, 0) is 4.74 Å². The zero-order valence-electron chi connectivity index (χ0n) is 20.7. The summed E-state index contributed by atoms with van der Waals surface area (Å²) in [4.78, 5) is 36.9. The number of halogens is 3. The summed E-state index contributed by atoms with van der Waals surface area (Å²) in [7, 11) is 0. The summed E-state index contributed by atoms with van der Waals surface area (Å²) in [5.74, 6) is -0.816. The van der Waals surface area contributed by atoms with Crippen molar-refractivity contribution in [2.24, 2.45) is 4.99 Å². The van der Waals surface area contributed by atoms with Crippen molar-refractivity contribution in [3.05, 3.63) is 41.9 Å². The molecule has 2 aromatic rings. The monoisotopic (exact) mass is 568 g/mol. The summed E-state index contributed by atoms with van der Waals surface area (Å²) >= 11 is 0.937. The number of nitrogens with zero attached hydrogens (tertiary/aromatic N) is 3. The number of aliphatic hydroxyl groups excluding tert-OH is 1. The molecule has 2 aliphatic rings. The molecular weight excluding hydrogens is 541 g/mol. The number of hydrogen-bond acceptors (Lipinski definition) is 10. The van der Waals surface area contributed by atoms with Gasteiger partial charge in [0.15, 0.2) is 6.04 Å². The van der Waals surface area contributed by atoms with E-state index >= 15 is 0 Å². The van der Waals surface area contributed by atoms with Gasteiger partial charge in [-0.15, -0.1) is 11.8 Å². The lowest BCUT2D eigenvalue weighted by atomic mass is 10.0. The van der Waals surface area contributed by atoms with E-state index in [-0.39, 0.29) is 28.9 Å². The van der Waals surface area contributed by atoms with Crippen molar-refractivity contribution in [2.45, 2.75) is 31.4 Å². The third kappa shape index (κ3) is 7.42. The number of aliphatic hydroxyl groups is 1. The quantitative estimate of drug-likeness (QED) is 0.203. The lowest BCUT2D eigenvalue weighted by Crippen LogP contribution is -2.58. The van der Waals surface area contributed by atoms with Crippen LogP contribution < -0.4 is 26.8 Å². The highest BCUT2D eigenvalue weighted by Crippen LogP contribution is 2.36. The van der Waals surface area contributed by atoms with Gasteiger partial charge in [0.05, 0.1) is 24.3 Å². The predicted octanol–water partition coefficient (Wildman–Crippen LogP) is 1.25. The molecular formula is C23H27F3N8O4S. The van der Waals surface area contributed by atoms with Crippen LogP contribution in [-0.4, -0.2) is 88.6 Å². The van der Waals surface area contributed by atoms with Crippen LogP contribution >= 0.6 is 11.8 Å². The Labute approximate surface area is 225 Å². The topological polar surface area (TPSA) is 162 Å². The molecule has 3 amide bonds. The summed E-state index contributed by atoms with van der Waals surface area (Å²) in [5, 5.41) is 18.5. The first-order valence-corrected chi connectivity index (χ1v) is 13.0. The summed E-state index contributed by atoms with van der Waals surface area (Å²) < 4.78 is 45.2. The summed E-state index contributed by atoms with van der Waals surface area (Å²) in [6.07, 6.45) is -2.88. The highest BCUT2D eigenvalue weighted by molar-refractivity contribution is 8.14. The van der Waals surface area contributed by atoms with E-state index in [9.17, 15) is 27.9 Å². The van der Waals surface area contributed by atoms with Crippen molar-refractivity contribution < 1.29 is 32.6 Å². The van der Waals surface area contributed by atoms with Crippen LogP contribution in [0.5, 0.6) is 0 Å². The van der Waals surface area contributed by atoms with E-state index in [4.69, 9.17) is 4.74 Å². The molecule has 0 bridgehead atoms. The zero-order chi connectivity index (χ0) is 28.0. The van der Waals surface area contributed by atoms with Crippen LogP contribution in [0.15, 0.2) is 35.6 Å². The van der Waals surface area contributed by atoms with Gasteiger partial charge in [-0.05, 0) is 30.7 Å². The molecule has 0 radical (unpaired) electrons. The number of hydrazine groups is 1. The fourth-order valence-corrected chi connectivity index (χ4v) is 4.86. The van der Waals surface area contributed by atoms with Gasteiger partial charge in [-0.2, -0.15) is 13.2 Å². The van der Waals surface area contributed by atoms with Gasteiger partial charge < -0.3 is 20.5 Å². The number of rotatable bonds is 8. The molecule has 3 unspecified atom stereocenters. The molecule has 4 heterocycles. The fourth-order valence-electron chi connectivity index (χ4n) is 3.76. The number of ether oxygens (including phenoxy) is 1. The molecule has 0 aliphatic carbocycles. The first kappa shape index (κ1) is 28.7. The minimum atomic E-state index is -4.50. The van der Waals surface area contributed by atoms with Crippen molar-refractivity contribution in [1.82, 2.24) is 31.5 Å². The molecule has 0 saturated carbocycles. The van der Waals surface area contributed by atoms with Crippen molar-refractivity contribution in [1.29, 1.82) is 0 Å². The molecule has 2 aromatic heterocycles. The summed E-state index contributed by atoms with van der Waals surface area (Å²) in [6.45, 7) is 3.44. The number of thioether (sulfide) groups is 1. The second-order valence-electron chi connectivity index (χ2n) is 8.51. The molecule has 1 fully saturated rings. The smallest absolute Gasteiger partial charge is 0.378 e. The Morgan fingerprint density at radius 2 is 2.10 bits per heavy atom. The number of aromatic nitrogens is 2. The zero-order valence-corrected chi connectivity index (χ0v) is 21.5. The number of amides is 3. The van der Waals surface area contributed by atoms with E-state index in [1.807, 2.05) is 0 Å². The Balaban J connectivity index is 1.59. The number of pyridine rings is 2. The van der Waals surface area contributed by atoms with Gasteiger partial charge in [0.1, 0.15) is 17.7 Å². The second kappa shape index (κ2) is 12.7. The van der Waals surface area contributed by atoms with Gasteiger partial charge in [-0.1, -0.05) is 0 Å². The van der Waals surface area contributed by atoms with Gasteiger partial charge in [0.2, 0.25) is 0 Å². The van der Waals surface area contributed by atoms with Gasteiger partial charge in [-0.3, -0.25) is 25.5 Å². The first-order chi connectivity index (χ1) is 18.7. The van der Waals surface area contributed by atoms with Gasteiger partial charge in [0.25, 0.3) is 5.91 Å². The van der Waals surface area contributed by atoms with Gasteiger partial charge in [-0.25, -0.2) is 15.2 Å². The van der Waals surface area contributed by atoms with E-state index in [0.29, 0.717) is 36.4 Å². The van der Waals surface area contributed by atoms with Crippen LogP contribution in [0.2, 0.25) is 0 Å². The Bertz CT molecular complexity index is 1230. The Morgan fingerprint density at radius 3 is 2.79 bits per heavy atom. The van der Waals surface area contributed by atoms with Crippen molar-refractivity contribution >= 4 is 34.6 Å². The number of morpholine rings is 1. The highest BCUT2D eigenvalue weighted by Gasteiger charge is 2.43. The molecule has 0 aromatic carbocycles. The van der Waals surface area contributed by atoms with Crippen molar-refractivity contribution in [3.8, 4) is 11.1 Å². The van der Waals surface area contributed by atoms with Crippen molar-refractivity contribution in [2.75, 3.05) is 37.4 Å². The molecule has 39 heavy (non-hydrogen) atoms. The summed E-state index contributed by atoms with van der Waals surface area (Å²) in [6, 6.07) is 1.63. The number of anilines is 1. The number of alkyl halides is 3. The summed E-state index contributed by atoms with van der Waals surface area (Å²) in [5.41, 5.74) is 6.00. The molecule has 2 aliphatic heterocycles. The van der Waals surface area contributed by atoms with Crippen LogP contribution in [0.25, 0.3) is 11.1 Å². The van der Waals surface area contributed by atoms with Crippen LogP contribution in [0.1, 0.15) is 23.0 Å². The lowest BCUT2D eigenvalue weighted by Gasteiger charge is -2.28. The van der Waals surface area contributed by atoms with E-state index in [2.05, 4.69) is 41.8 Å². The molecule has 1 saturated heterocycles. The average Bonchev–Trinajstić information content (AvgIpc) is 3.43. The van der Waals surface area contributed by atoms with E-state index in [1.54, 1.807) is 13.0 Å². The molecule has 210 valence electrons. The lowest BCUT2D eigenvalue weighted by molar-refractivity contribution is -0.141. The normalized spacial score (nSPS) is 20.2. The minimum absolute atomic E-state index is 0.0234.